The van der Waals surface area contributed by atoms with Gasteiger partial charge in [0.05, 0.1) is 12.7 Å². The molecule has 1 aromatic carbocycles. The Kier molecular flexibility index (Phi) is 4.26. The molecule has 1 saturated carbocycles. The second-order valence-electron chi connectivity index (χ2n) is 4.55. The van der Waals surface area contributed by atoms with Gasteiger partial charge in [-0.15, -0.1) is 0 Å². The summed E-state index contributed by atoms with van der Waals surface area (Å²) in [6.07, 6.45) is 1.36. The highest BCUT2D eigenvalue weighted by molar-refractivity contribution is 5.54. The van der Waals surface area contributed by atoms with E-state index >= 15 is 0 Å². The lowest BCUT2D eigenvalue weighted by molar-refractivity contribution is -0.116. The lowest BCUT2D eigenvalue weighted by Gasteiger charge is -2.28. The third-order valence-electron chi connectivity index (χ3n) is 3.28. The van der Waals surface area contributed by atoms with E-state index < -0.39 is 12.1 Å². The fourth-order valence-electron chi connectivity index (χ4n) is 2.20. The number of rotatable bonds is 4. The van der Waals surface area contributed by atoms with Crippen molar-refractivity contribution in [1.82, 2.24) is 0 Å². The summed E-state index contributed by atoms with van der Waals surface area (Å²) in [4.78, 5) is 10.6. The standard InChI is InChI=1S/C14H17FO2/c15-14-8-13(7-6-12(14)9-16)17-10-11-4-2-1-3-5-11/h1-5,9,12-14H,6-8,10H2. The highest BCUT2D eigenvalue weighted by atomic mass is 19.1. The number of hydrogen-bond donors (Lipinski definition) is 0. The van der Waals surface area contributed by atoms with E-state index in [1.807, 2.05) is 30.3 Å². The van der Waals surface area contributed by atoms with Gasteiger partial charge in [0.2, 0.25) is 0 Å². The zero-order valence-corrected chi connectivity index (χ0v) is 9.72. The molecule has 2 rings (SSSR count). The molecule has 0 aromatic heterocycles. The van der Waals surface area contributed by atoms with Crippen molar-refractivity contribution in [2.45, 2.75) is 38.1 Å². The van der Waals surface area contributed by atoms with Gasteiger partial charge >= 0.3 is 0 Å². The van der Waals surface area contributed by atoms with Crippen molar-refractivity contribution in [1.29, 1.82) is 0 Å². The molecule has 1 aromatic rings. The first-order chi connectivity index (χ1) is 8.29. The first-order valence-corrected chi connectivity index (χ1v) is 6.04. The third kappa shape index (κ3) is 3.37. The van der Waals surface area contributed by atoms with Crippen LogP contribution in [0.5, 0.6) is 0 Å². The number of alkyl halides is 1. The summed E-state index contributed by atoms with van der Waals surface area (Å²) in [6.45, 7) is 0.518. The largest absolute Gasteiger partial charge is 0.373 e. The minimum absolute atomic E-state index is 0.0543. The Hall–Kier alpha value is -1.22. The molecular weight excluding hydrogens is 219 g/mol. The van der Waals surface area contributed by atoms with Gasteiger partial charge in [0, 0.05) is 12.3 Å². The van der Waals surface area contributed by atoms with Crippen LogP contribution in [0.2, 0.25) is 0 Å². The Morgan fingerprint density at radius 1 is 1.29 bits per heavy atom. The summed E-state index contributed by atoms with van der Waals surface area (Å²) in [7, 11) is 0. The van der Waals surface area contributed by atoms with Crippen LogP contribution in [-0.2, 0) is 16.1 Å². The van der Waals surface area contributed by atoms with Gasteiger partial charge < -0.3 is 9.53 Å². The number of benzene rings is 1. The molecule has 0 aliphatic heterocycles. The molecular formula is C14H17FO2. The van der Waals surface area contributed by atoms with Crippen molar-refractivity contribution in [3.8, 4) is 0 Å². The number of aldehydes is 1. The second-order valence-corrected chi connectivity index (χ2v) is 4.55. The number of ether oxygens (including phenoxy) is 1. The molecule has 2 nitrogen and oxygen atoms in total. The van der Waals surface area contributed by atoms with E-state index in [1.54, 1.807) is 0 Å². The topological polar surface area (TPSA) is 26.3 Å². The van der Waals surface area contributed by atoms with Crippen LogP contribution in [0.25, 0.3) is 0 Å². The van der Waals surface area contributed by atoms with Crippen molar-refractivity contribution in [3.63, 3.8) is 0 Å². The Bertz CT molecular complexity index is 352. The molecule has 0 heterocycles. The van der Waals surface area contributed by atoms with Crippen LogP contribution in [0.15, 0.2) is 30.3 Å². The molecule has 3 unspecified atom stereocenters. The van der Waals surface area contributed by atoms with E-state index in [2.05, 4.69) is 0 Å². The smallest absolute Gasteiger partial charge is 0.125 e. The van der Waals surface area contributed by atoms with Crippen LogP contribution in [0.4, 0.5) is 4.39 Å². The average molecular weight is 236 g/mol. The zero-order chi connectivity index (χ0) is 12.1. The van der Waals surface area contributed by atoms with Crippen LogP contribution >= 0.6 is 0 Å². The van der Waals surface area contributed by atoms with Gasteiger partial charge in [0.25, 0.3) is 0 Å². The quantitative estimate of drug-likeness (QED) is 0.751. The molecule has 3 heteroatoms. The number of hydrogen-bond acceptors (Lipinski definition) is 2. The molecule has 0 bridgehead atoms. The maximum atomic E-state index is 13.5. The van der Waals surface area contributed by atoms with Gasteiger partial charge in [-0.1, -0.05) is 30.3 Å². The summed E-state index contributed by atoms with van der Waals surface area (Å²) in [6, 6.07) is 9.85. The maximum Gasteiger partial charge on any atom is 0.125 e. The molecule has 1 aliphatic carbocycles. The molecule has 92 valence electrons. The molecule has 0 amide bonds. The lowest BCUT2D eigenvalue weighted by Crippen LogP contribution is -2.31. The first-order valence-electron chi connectivity index (χ1n) is 6.04. The van der Waals surface area contributed by atoms with E-state index in [0.717, 1.165) is 18.3 Å². The highest BCUT2D eigenvalue weighted by Crippen LogP contribution is 2.28. The van der Waals surface area contributed by atoms with E-state index in [4.69, 9.17) is 4.74 Å². The van der Waals surface area contributed by atoms with E-state index in [9.17, 15) is 9.18 Å². The van der Waals surface area contributed by atoms with Gasteiger partial charge in [-0.25, -0.2) is 4.39 Å². The molecule has 0 N–H and O–H groups in total. The molecule has 1 fully saturated rings. The Balaban J connectivity index is 1.79. The third-order valence-corrected chi connectivity index (χ3v) is 3.28. The molecule has 3 atom stereocenters. The fraction of sp³-hybridized carbons (Fsp3) is 0.500. The molecule has 0 saturated heterocycles. The summed E-state index contributed by atoms with van der Waals surface area (Å²) in [5.41, 5.74) is 1.10. The van der Waals surface area contributed by atoms with Crippen LogP contribution in [-0.4, -0.2) is 18.6 Å². The van der Waals surface area contributed by atoms with Gasteiger partial charge in [0.15, 0.2) is 0 Å². The van der Waals surface area contributed by atoms with Crippen molar-refractivity contribution in [3.05, 3.63) is 35.9 Å². The Morgan fingerprint density at radius 2 is 2.06 bits per heavy atom. The van der Waals surface area contributed by atoms with Crippen molar-refractivity contribution in [2.24, 2.45) is 5.92 Å². The number of halogens is 1. The highest BCUT2D eigenvalue weighted by Gasteiger charge is 2.30. The SMILES string of the molecule is O=CC1CCC(OCc2ccccc2)CC1F. The zero-order valence-electron chi connectivity index (χ0n) is 9.72. The van der Waals surface area contributed by atoms with Crippen LogP contribution in [0, 0.1) is 5.92 Å². The van der Waals surface area contributed by atoms with Crippen molar-refractivity contribution in [2.75, 3.05) is 0 Å². The van der Waals surface area contributed by atoms with Gasteiger partial charge in [-0.3, -0.25) is 0 Å². The van der Waals surface area contributed by atoms with Gasteiger partial charge in [-0.2, -0.15) is 0 Å². The maximum absolute atomic E-state index is 13.5. The van der Waals surface area contributed by atoms with E-state index in [1.165, 1.54) is 0 Å². The fourth-order valence-corrected chi connectivity index (χ4v) is 2.20. The average Bonchev–Trinajstić information content (AvgIpc) is 2.38. The summed E-state index contributed by atoms with van der Waals surface area (Å²) < 4.78 is 19.2. The molecule has 0 radical (unpaired) electrons. The summed E-state index contributed by atoms with van der Waals surface area (Å²) in [5, 5.41) is 0. The van der Waals surface area contributed by atoms with Crippen molar-refractivity contribution >= 4 is 6.29 Å². The van der Waals surface area contributed by atoms with Crippen LogP contribution < -0.4 is 0 Å². The Morgan fingerprint density at radius 3 is 2.71 bits per heavy atom. The van der Waals surface area contributed by atoms with Crippen molar-refractivity contribution < 1.29 is 13.9 Å². The van der Waals surface area contributed by atoms with Gasteiger partial charge in [-0.05, 0) is 18.4 Å². The normalized spacial score (nSPS) is 28.9. The Labute approximate surface area is 101 Å². The van der Waals surface area contributed by atoms with Gasteiger partial charge in [0.1, 0.15) is 12.5 Å². The lowest BCUT2D eigenvalue weighted by atomic mass is 9.87. The monoisotopic (exact) mass is 236 g/mol. The summed E-state index contributed by atoms with van der Waals surface area (Å²) >= 11 is 0. The first kappa shape index (κ1) is 12.2. The number of carbonyl (C=O) groups is 1. The number of carbonyl (C=O) groups excluding carboxylic acids is 1. The summed E-state index contributed by atoms with van der Waals surface area (Å²) in [5.74, 6) is -0.424. The molecule has 17 heavy (non-hydrogen) atoms. The van der Waals surface area contributed by atoms with Crippen LogP contribution in [0.3, 0.4) is 0 Å². The van der Waals surface area contributed by atoms with E-state index in [0.29, 0.717) is 19.4 Å². The molecule has 1 aliphatic rings. The second kappa shape index (κ2) is 5.92. The van der Waals surface area contributed by atoms with E-state index in [-0.39, 0.29) is 6.10 Å². The predicted octanol–water partition coefficient (Wildman–Crippen LogP) is 2.91. The minimum Gasteiger partial charge on any atom is -0.373 e. The molecule has 0 spiro atoms. The predicted molar refractivity (Wildman–Crippen MR) is 63.3 cm³/mol. The minimum atomic E-state index is -1.04. The van der Waals surface area contributed by atoms with Crippen LogP contribution in [0.1, 0.15) is 24.8 Å².